The molecular weight excluding hydrogens is 496 g/mol. The van der Waals surface area contributed by atoms with E-state index in [2.05, 4.69) is 30.2 Å². The highest BCUT2D eigenvalue weighted by atomic mass is 16.6. The summed E-state index contributed by atoms with van der Waals surface area (Å²) in [6.07, 6.45) is -0.0798. The van der Waals surface area contributed by atoms with E-state index >= 15 is 0 Å². The lowest BCUT2D eigenvalue weighted by Crippen LogP contribution is -2.62. The van der Waals surface area contributed by atoms with Gasteiger partial charge < -0.3 is 9.47 Å². The normalized spacial score (nSPS) is 29.0. The molecule has 0 aromatic heterocycles. The van der Waals surface area contributed by atoms with Gasteiger partial charge in [0.15, 0.2) is 0 Å². The lowest BCUT2D eigenvalue weighted by Gasteiger charge is -2.47. The average molecular weight is 535 g/mol. The molecular formula is C29H38N6O4. The molecule has 2 atom stereocenters. The standard InChI is InChI=1S/C29H38N6O4/c36-28(38-20-26-18-32-9-13-34(26)14-10-32)30-24-5-1-22(2-6-24)17-23-3-7-25(8-4-23)31-29(37)39-21-27-19-33-11-15-35(27)16-12-33/h1-8,26-27H,9-21H2,(H,30,36)(H,31,37). The number of nitrogens with zero attached hydrogens (tertiary/aromatic N) is 4. The van der Waals surface area contributed by atoms with Gasteiger partial charge in [-0.1, -0.05) is 24.3 Å². The molecule has 6 saturated heterocycles. The summed E-state index contributed by atoms with van der Waals surface area (Å²) in [5.74, 6) is 0. The molecule has 39 heavy (non-hydrogen) atoms. The largest absolute Gasteiger partial charge is 0.448 e. The van der Waals surface area contributed by atoms with Crippen LogP contribution < -0.4 is 10.6 Å². The first-order valence-corrected chi connectivity index (χ1v) is 14.1. The fourth-order valence-electron chi connectivity index (χ4n) is 6.06. The zero-order valence-corrected chi connectivity index (χ0v) is 22.4. The van der Waals surface area contributed by atoms with Crippen LogP contribution in [0, 0.1) is 0 Å². The van der Waals surface area contributed by atoms with Crippen LogP contribution in [0.5, 0.6) is 0 Å². The summed E-state index contributed by atoms with van der Waals surface area (Å²) < 4.78 is 11.0. The monoisotopic (exact) mass is 534 g/mol. The molecule has 2 unspecified atom stereocenters. The Hall–Kier alpha value is -3.18. The van der Waals surface area contributed by atoms with Crippen molar-refractivity contribution in [3.63, 3.8) is 0 Å². The van der Waals surface area contributed by atoms with Gasteiger partial charge in [0.1, 0.15) is 13.2 Å². The fraction of sp³-hybridized carbons (Fsp3) is 0.517. The molecule has 2 amide bonds. The van der Waals surface area contributed by atoms with Gasteiger partial charge in [0.25, 0.3) is 0 Å². The molecule has 2 N–H and O–H groups in total. The summed E-state index contributed by atoms with van der Waals surface area (Å²) in [6.45, 7) is 11.5. The highest BCUT2D eigenvalue weighted by molar-refractivity contribution is 5.85. The van der Waals surface area contributed by atoms with E-state index in [1.54, 1.807) is 0 Å². The summed E-state index contributed by atoms with van der Waals surface area (Å²) >= 11 is 0. The van der Waals surface area contributed by atoms with Crippen molar-refractivity contribution in [2.75, 3.05) is 89.3 Å². The van der Waals surface area contributed by atoms with Crippen LogP contribution in [0.1, 0.15) is 11.1 Å². The molecule has 6 aliphatic rings. The first-order chi connectivity index (χ1) is 19.1. The molecule has 0 saturated carbocycles. The number of amides is 2. The Morgan fingerprint density at radius 2 is 1.00 bits per heavy atom. The number of nitrogens with one attached hydrogen (secondary N) is 2. The van der Waals surface area contributed by atoms with E-state index in [0.717, 1.165) is 83.0 Å². The SMILES string of the molecule is O=C(Nc1ccc(Cc2ccc(NC(=O)OCC3CN4CCN3CC4)cc2)cc1)OCC1CN2CCN1CC2. The first-order valence-electron chi connectivity index (χ1n) is 14.1. The zero-order valence-electron chi connectivity index (χ0n) is 22.4. The van der Waals surface area contributed by atoms with Gasteiger partial charge in [-0.3, -0.25) is 30.2 Å². The molecule has 4 bridgehead atoms. The minimum atomic E-state index is -0.414. The Morgan fingerprint density at radius 3 is 1.33 bits per heavy atom. The van der Waals surface area contributed by atoms with Crippen LogP contribution in [0.3, 0.4) is 0 Å². The molecule has 2 aromatic carbocycles. The van der Waals surface area contributed by atoms with Crippen molar-refractivity contribution in [2.45, 2.75) is 18.5 Å². The zero-order chi connectivity index (χ0) is 26.6. The van der Waals surface area contributed by atoms with Crippen molar-refractivity contribution in [2.24, 2.45) is 0 Å². The Labute approximate surface area is 229 Å². The third kappa shape index (κ3) is 6.70. The molecule has 0 spiro atoms. The van der Waals surface area contributed by atoms with E-state index in [0.29, 0.717) is 36.7 Å². The summed E-state index contributed by atoms with van der Waals surface area (Å²) in [4.78, 5) is 34.3. The molecule has 10 heteroatoms. The van der Waals surface area contributed by atoms with Gasteiger partial charge in [-0.05, 0) is 41.8 Å². The van der Waals surface area contributed by atoms with E-state index in [1.807, 2.05) is 48.5 Å². The number of hydrogen-bond acceptors (Lipinski definition) is 8. The highest BCUT2D eigenvalue weighted by Crippen LogP contribution is 2.19. The number of hydrogen-bond donors (Lipinski definition) is 2. The molecule has 2 aromatic rings. The number of rotatable bonds is 8. The average Bonchev–Trinajstić information content (AvgIpc) is 2.98. The molecule has 6 aliphatic heterocycles. The van der Waals surface area contributed by atoms with Crippen LogP contribution in [-0.4, -0.2) is 123 Å². The number of carbonyl (C=O) groups is 2. The van der Waals surface area contributed by atoms with Crippen molar-refractivity contribution >= 4 is 23.6 Å². The van der Waals surface area contributed by atoms with E-state index in [9.17, 15) is 9.59 Å². The number of benzene rings is 2. The van der Waals surface area contributed by atoms with E-state index in [-0.39, 0.29) is 0 Å². The number of anilines is 2. The Kier molecular flexibility index (Phi) is 7.96. The first kappa shape index (κ1) is 26.1. The second kappa shape index (κ2) is 11.9. The summed E-state index contributed by atoms with van der Waals surface area (Å²) in [5.41, 5.74) is 3.68. The van der Waals surface area contributed by atoms with Crippen LogP contribution in [0.2, 0.25) is 0 Å². The smallest absolute Gasteiger partial charge is 0.411 e. The van der Waals surface area contributed by atoms with Crippen molar-refractivity contribution in [1.29, 1.82) is 0 Å². The molecule has 6 fully saturated rings. The van der Waals surface area contributed by atoms with Gasteiger partial charge in [0.05, 0.1) is 12.1 Å². The van der Waals surface area contributed by atoms with Crippen LogP contribution in [0.4, 0.5) is 21.0 Å². The molecule has 208 valence electrons. The lowest BCUT2D eigenvalue weighted by atomic mass is 10.0. The van der Waals surface area contributed by atoms with Crippen LogP contribution >= 0.6 is 0 Å². The van der Waals surface area contributed by atoms with Gasteiger partial charge >= 0.3 is 12.2 Å². The van der Waals surface area contributed by atoms with Crippen LogP contribution in [0.15, 0.2) is 48.5 Å². The van der Waals surface area contributed by atoms with Gasteiger partial charge in [-0.25, -0.2) is 9.59 Å². The third-order valence-electron chi connectivity index (χ3n) is 8.41. The number of fused-ring (bicyclic) bond motifs is 6. The van der Waals surface area contributed by atoms with Gasteiger partial charge in [-0.15, -0.1) is 0 Å². The van der Waals surface area contributed by atoms with Crippen LogP contribution in [0.25, 0.3) is 0 Å². The Morgan fingerprint density at radius 1 is 0.615 bits per heavy atom. The van der Waals surface area contributed by atoms with Crippen molar-refractivity contribution in [1.82, 2.24) is 19.6 Å². The van der Waals surface area contributed by atoms with E-state index in [4.69, 9.17) is 9.47 Å². The minimum Gasteiger partial charge on any atom is -0.448 e. The number of carbonyl (C=O) groups excluding carboxylic acids is 2. The summed E-state index contributed by atoms with van der Waals surface area (Å²) in [5, 5.41) is 5.66. The fourth-order valence-corrected chi connectivity index (χ4v) is 6.06. The summed E-state index contributed by atoms with van der Waals surface area (Å²) in [7, 11) is 0. The molecule has 8 rings (SSSR count). The highest BCUT2D eigenvalue weighted by Gasteiger charge is 2.33. The van der Waals surface area contributed by atoms with Crippen molar-refractivity contribution in [3.05, 3.63) is 59.7 Å². The van der Waals surface area contributed by atoms with Gasteiger partial charge in [-0.2, -0.15) is 0 Å². The maximum absolute atomic E-state index is 12.3. The van der Waals surface area contributed by atoms with Crippen molar-refractivity contribution < 1.29 is 19.1 Å². The molecule has 6 heterocycles. The Bertz CT molecular complexity index is 1040. The van der Waals surface area contributed by atoms with Crippen LogP contribution in [-0.2, 0) is 15.9 Å². The maximum atomic E-state index is 12.3. The number of ether oxygens (including phenoxy) is 2. The van der Waals surface area contributed by atoms with Crippen molar-refractivity contribution in [3.8, 4) is 0 Å². The maximum Gasteiger partial charge on any atom is 0.411 e. The molecule has 10 nitrogen and oxygen atoms in total. The summed E-state index contributed by atoms with van der Waals surface area (Å²) in [6, 6.07) is 16.2. The topological polar surface area (TPSA) is 89.6 Å². The molecule has 0 aliphatic carbocycles. The lowest BCUT2D eigenvalue weighted by molar-refractivity contribution is -0.0130. The molecule has 0 radical (unpaired) electrons. The second-order valence-corrected chi connectivity index (χ2v) is 11.0. The van der Waals surface area contributed by atoms with E-state index in [1.165, 1.54) is 0 Å². The second-order valence-electron chi connectivity index (χ2n) is 11.0. The third-order valence-corrected chi connectivity index (χ3v) is 8.41. The van der Waals surface area contributed by atoms with Gasteiger partial charge in [0.2, 0.25) is 0 Å². The van der Waals surface area contributed by atoms with Gasteiger partial charge in [0, 0.05) is 76.8 Å². The van der Waals surface area contributed by atoms with E-state index < -0.39 is 12.2 Å². The number of piperazine rings is 6. The minimum absolute atomic E-state index is 0.293. The Balaban J connectivity index is 0.915. The predicted octanol–water partition coefficient (Wildman–Crippen LogP) is 2.37. The predicted molar refractivity (Wildman–Crippen MR) is 149 cm³/mol. The quantitative estimate of drug-likeness (QED) is 0.534.